The Morgan fingerprint density at radius 2 is 2.07 bits per heavy atom. The van der Waals surface area contributed by atoms with Gasteiger partial charge in [-0.05, 0) is 11.3 Å². The van der Waals surface area contributed by atoms with Gasteiger partial charge in [0.15, 0.2) is 0 Å². The van der Waals surface area contributed by atoms with Crippen LogP contribution in [0.2, 0.25) is 0 Å². The molecule has 2 N–H and O–H groups in total. The predicted octanol–water partition coefficient (Wildman–Crippen LogP) is 1.89. The van der Waals surface area contributed by atoms with Crippen molar-refractivity contribution < 1.29 is 5.11 Å². The van der Waals surface area contributed by atoms with Crippen molar-refractivity contribution in [3.8, 4) is 0 Å². The maximum atomic E-state index is 9.15. The van der Waals surface area contributed by atoms with Crippen LogP contribution in [0.4, 0.5) is 0 Å². The summed E-state index contributed by atoms with van der Waals surface area (Å²) in [6.07, 6.45) is 0. The average molecular weight is 225 g/mol. The number of thioether (sulfide) groups is 1. The van der Waals surface area contributed by atoms with Crippen molar-refractivity contribution in [2.45, 2.75) is 19.5 Å². The molecule has 0 unspecified atom stereocenters. The molecule has 0 aromatic heterocycles. The highest BCUT2D eigenvalue weighted by Gasteiger charge is 2.05. The van der Waals surface area contributed by atoms with Gasteiger partial charge in [-0.15, -0.1) is 0 Å². The number of aliphatic hydroxyl groups excluding tert-OH is 1. The number of hydrogen-bond donors (Lipinski definition) is 2. The van der Waals surface area contributed by atoms with Crippen LogP contribution in [0.1, 0.15) is 12.5 Å². The predicted molar refractivity (Wildman–Crippen MR) is 67.2 cm³/mol. The van der Waals surface area contributed by atoms with Crippen molar-refractivity contribution in [1.82, 2.24) is 5.32 Å². The first kappa shape index (κ1) is 12.6. The van der Waals surface area contributed by atoms with E-state index in [1.807, 2.05) is 30.0 Å². The summed E-state index contributed by atoms with van der Waals surface area (Å²) in [7, 11) is 0. The first-order valence-corrected chi connectivity index (χ1v) is 6.48. The van der Waals surface area contributed by atoms with Crippen LogP contribution in [0.25, 0.3) is 0 Å². The molecule has 0 aliphatic carbocycles. The van der Waals surface area contributed by atoms with E-state index in [0.29, 0.717) is 0 Å². The summed E-state index contributed by atoms with van der Waals surface area (Å²) >= 11 is 1.85. The third-order valence-electron chi connectivity index (χ3n) is 2.18. The van der Waals surface area contributed by atoms with Crippen LogP contribution in [0.3, 0.4) is 0 Å². The van der Waals surface area contributed by atoms with Crippen molar-refractivity contribution in [2.24, 2.45) is 0 Å². The zero-order valence-electron chi connectivity index (χ0n) is 9.15. The van der Waals surface area contributed by atoms with Gasteiger partial charge in [0.25, 0.3) is 0 Å². The molecular weight excluding hydrogens is 206 g/mol. The van der Waals surface area contributed by atoms with Crippen LogP contribution in [-0.2, 0) is 6.54 Å². The molecule has 0 saturated carbocycles. The molecule has 0 radical (unpaired) electrons. The summed E-state index contributed by atoms with van der Waals surface area (Å²) in [5.74, 6) is 2.07. The Hall–Kier alpha value is -0.510. The van der Waals surface area contributed by atoms with E-state index in [1.54, 1.807) is 0 Å². The van der Waals surface area contributed by atoms with E-state index >= 15 is 0 Å². The Kier molecular flexibility index (Phi) is 6.48. The van der Waals surface area contributed by atoms with Gasteiger partial charge >= 0.3 is 0 Å². The van der Waals surface area contributed by atoms with Gasteiger partial charge in [-0.2, -0.15) is 11.8 Å². The molecule has 1 rings (SSSR count). The van der Waals surface area contributed by atoms with Crippen LogP contribution >= 0.6 is 11.8 Å². The van der Waals surface area contributed by atoms with Gasteiger partial charge in [-0.25, -0.2) is 0 Å². The maximum Gasteiger partial charge on any atom is 0.0592 e. The molecule has 1 atom stereocenters. The van der Waals surface area contributed by atoms with Crippen molar-refractivity contribution >= 4 is 11.8 Å². The van der Waals surface area contributed by atoms with Crippen molar-refractivity contribution in [1.29, 1.82) is 0 Å². The third kappa shape index (κ3) is 5.21. The SMILES string of the molecule is CCSC[C@@H](CO)NCc1ccccc1. The van der Waals surface area contributed by atoms with Crippen molar-refractivity contribution in [3.05, 3.63) is 35.9 Å². The van der Waals surface area contributed by atoms with E-state index in [2.05, 4.69) is 24.4 Å². The molecule has 0 aliphatic heterocycles. The molecule has 1 aromatic rings. The molecule has 84 valence electrons. The summed E-state index contributed by atoms with van der Waals surface area (Å²) in [5.41, 5.74) is 1.26. The first-order valence-electron chi connectivity index (χ1n) is 5.32. The first-order chi connectivity index (χ1) is 7.36. The van der Waals surface area contributed by atoms with Crippen LogP contribution in [0.15, 0.2) is 30.3 Å². The summed E-state index contributed by atoms with van der Waals surface area (Å²) in [6, 6.07) is 10.5. The second kappa shape index (κ2) is 7.74. The van der Waals surface area contributed by atoms with Gasteiger partial charge in [-0.1, -0.05) is 37.3 Å². The lowest BCUT2D eigenvalue weighted by Crippen LogP contribution is -2.34. The fourth-order valence-electron chi connectivity index (χ4n) is 1.29. The zero-order valence-corrected chi connectivity index (χ0v) is 9.96. The van der Waals surface area contributed by atoms with E-state index < -0.39 is 0 Å². The normalized spacial score (nSPS) is 12.7. The number of benzene rings is 1. The fraction of sp³-hybridized carbons (Fsp3) is 0.500. The van der Waals surface area contributed by atoms with E-state index in [1.165, 1.54) is 5.56 Å². The molecule has 2 nitrogen and oxygen atoms in total. The minimum atomic E-state index is 0.204. The lowest BCUT2D eigenvalue weighted by molar-refractivity contribution is 0.253. The highest BCUT2D eigenvalue weighted by atomic mass is 32.2. The molecule has 0 saturated heterocycles. The van der Waals surface area contributed by atoms with Gasteiger partial charge in [0.2, 0.25) is 0 Å². The molecule has 0 spiro atoms. The second-order valence-electron chi connectivity index (χ2n) is 3.41. The minimum Gasteiger partial charge on any atom is -0.395 e. The highest BCUT2D eigenvalue weighted by Crippen LogP contribution is 2.03. The quantitative estimate of drug-likeness (QED) is 0.743. The van der Waals surface area contributed by atoms with E-state index in [9.17, 15) is 0 Å². The van der Waals surface area contributed by atoms with Crippen LogP contribution in [0, 0.1) is 0 Å². The molecule has 0 fully saturated rings. The second-order valence-corrected chi connectivity index (χ2v) is 4.72. The molecule has 0 heterocycles. The summed E-state index contributed by atoms with van der Waals surface area (Å²) in [4.78, 5) is 0. The molecule has 1 aromatic carbocycles. The standard InChI is InChI=1S/C12H19NOS/c1-2-15-10-12(9-14)13-8-11-6-4-3-5-7-11/h3-7,12-14H,2,8-10H2,1H3/t12-/m1/s1. The minimum absolute atomic E-state index is 0.204. The van der Waals surface area contributed by atoms with Crippen LogP contribution < -0.4 is 5.32 Å². The number of hydrogen-bond acceptors (Lipinski definition) is 3. The summed E-state index contributed by atoms with van der Waals surface area (Å²) in [5, 5.41) is 12.5. The molecule has 0 bridgehead atoms. The van der Waals surface area contributed by atoms with Crippen LogP contribution in [-0.4, -0.2) is 29.3 Å². The Morgan fingerprint density at radius 1 is 1.33 bits per heavy atom. The summed E-state index contributed by atoms with van der Waals surface area (Å²) in [6.45, 7) is 3.17. The van der Waals surface area contributed by atoms with E-state index in [4.69, 9.17) is 5.11 Å². The monoisotopic (exact) mass is 225 g/mol. The van der Waals surface area contributed by atoms with Crippen molar-refractivity contribution in [2.75, 3.05) is 18.1 Å². The van der Waals surface area contributed by atoms with E-state index in [0.717, 1.165) is 18.1 Å². The molecule has 15 heavy (non-hydrogen) atoms. The topological polar surface area (TPSA) is 32.3 Å². The van der Waals surface area contributed by atoms with Gasteiger partial charge in [0.1, 0.15) is 0 Å². The maximum absolute atomic E-state index is 9.15. The molecular formula is C12H19NOS. The van der Waals surface area contributed by atoms with Gasteiger partial charge < -0.3 is 10.4 Å². The Morgan fingerprint density at radius 3 is 2.67 bits per heavy atom. The fourth-order valence-corrected chi connectivity index (χ4v) is 2.04. The largest absolute Gasteiger partial charge is 0.395 e. The van der Waals surface area contributed by atoms with Gasteiger partial charge in [0.05, 0.1) is 6.61 Å². The number of rotatable bonds is 7. The lowest BCUT2D eigenvalue weighted by atomic mass is 10.2. The Labute approximate surface area is 96.1 Å². The third-order valence-corrected chi connectivity index (χ3v) is 3.23. The highest BCUT2D eigenvalue weighted by molar-refractivity contribution is 7.99. The number of nitrogens with one attached hydrogen (secondary N) is 1. The van der Waals surface area contributed by atoms with Crippen molar-refractivity contribution in [3.63, 3.8) is 0 Å². The summed E-state index contributed by atoms with van der Waals surface area (Å²) < 4.78 is 0. The smallest absolute Gasteiger partial charge is 0.0592 e. The van der Waals surface area contributed by atoms with Gasteiger partial charge in [-0.3, -0.25) is 0 Å². The van der Waals surface area contributed by atoms with E-state index in [-0.39, 0.29) is 12.6 Å². The van der Waals surface area contributed by atoms with Gasteiger partial charge in [0, 0.05) is 18.3 Å². The van der Waals surface area contributed by atoms with Crippen LogP contribution in [0.5, 0.6) is 0 Å². The molecule has 0 aliphatic rings. The number of aliphatic hydroxyl groups is 1. The molecule has 3 heteroatoms. The zero-order chi connectivity index (χ0) is 10.9. The molecule has 0 amide bonds. The average Bonchev–Trinajstić information content (AvgIpc) is 2.31. The Balaban J connectivity index is 2.28. The Bertz CT molecular complexity index is 253. The lowest BCUT2D eigenvalue weighted by Gasteiger charge is -2.15.